The van der Waals surface area contributed by atoms with E-state index < -0.39 is 5.25 Å². The van der Waals surface area contributed by atoms with E-state index in [4.69, 9.17) is 4.74 Å². The lowest BCUT2D eigenvalue weighted by Gasteiger charge is -2.09. The van der Waals surface area contributed by atoms with E-state index in [0.717, 1.165) is 11.3 Å². The van der Waals surface area contributed by atoms with Crippen molar-refractivity contribution in [2.45, 2.75) is 18.6 Å². The summed E-state index contributed by atoms with van der Waals surface area (Å²) < 4.78 is 5.36. The molecule has 26 heavy (non-hydrogen) atoms. The Morgan fingerprint density at radius 3 is 2.54 bits per heavy atom. The smallest absolute Gasteiger partial charge is 0.260 e. The molecule has 1 aliphatic heterocycles. The number of aromatic hydroxyl groups is 1. The van der Waals surface area contributed by atoms with Gasteiger partial charge in [-0.2, -0.15) is 0 Å². The lowest BCUT2D eigenvalue weighted by Crippen LogP contribution is -2.21. The van der Waals surface area contributed by atoms with Crippen LogP contribution in [0.4, 0.5) is 5.69 Å². The Morgan fingerprint density at radius 1 is 1.19 bits per heavy atom. The molecular weight excluding hydrogens is 352 g/mol. The molecule has 2 amide bonds. The zero-order valence-electron chi connectivity index (χ0n) is 14.1. The van der Waals surface area contributed by atoms with Crippen molar-refractivity contribution >= 4 is 34.3 Å². The van der Waals surface area contributed by atoms with Crippen LogP contribution < -0.4 is 10.1 Å². The average molecular weight is 370 g/mol. The Hall–Kier alpha value is -2.80. The number of ether oxygens (including phenoxy) is 1. The van der Waals surface area contributed by atoms with E-state index in [2.05, 4.69) is 10.3 Å². The molecule has 1 heterocycles. The number of phenolic OH excluding ortho intramolecular Hbond substituents is 1. The highest BCUT2D eigenvalue weighted by Crippen LogP contribution is 2.30. The quantitative estimate of drug-likeness (QED) is 0.815. The van der Waals surface area contributed by atoms with Gasteiger partial charge in [0.05, 0.1) is 6.61 Å². The predicted molar refractivity (Wildman–Crippen MR) is 102 cm³/mol. The lowest BCUT2D eigenvalue weighted by molar-refractivity contribution is -0.121. The zero-order valence-corrected chi connectivity index (χ0v) is 15.0. The number of aliphatic imine (C=N–C) groups is 1. The second kappa shape index (κ2) is 8.05. The van der Waals surface area contributed by atoms with Crippen molar-refractivity contribution in [3.05, 3.63) is 54.1 Å². The number of nitrogens with one attached hydrogen (secondary N) is 1. The molecule has 0 unspecified atom stereocenters. The summed E-state index contributed by atoms with van der Waals surface area (Å²) in [6, 6.07) is 13.5. The molecule has 0 fully saturated rings. The van der Waals surface area contributed by atoms with Crippen LogP contribution in [0.25, 0.3) is 0 Å². The summed E-state index contributed by atoms with van der Waals surface area (Å²) in [6.07, 6.45) is 0.0434. The number of amides is 2. The van der Waals surface area contributed by atoms with Gasteiger partial charge >= 0.3 is 0 Å². The highest BCUT2D eigenvalue weighted by Gasteiger charge is 2.31. The van der Waals surface area contributed by atoms with Gasteiger partial charge in [0.15, 0.2) is 0 Å². The number of anilines is 1. The van der Waals surface area contributed by atoms with Crippen LogP contribution in [0.1, 0.15) is 18.9 Å². The van der Waals surface area contributed by atoms with E-state index in [0.29, 0.717) is 17.3 Å². The SMILES string of the molecule is CCOc1ccc(NC(=O)C[C@H]2SC(c3ccc(O)cc3)=NC2=O)cc1. The Balaban J connectivity index is 1.56. The summed E-state index contributed by atoms with van der Waals surface area (Å²) in [6.45, 7) is 2.48. The molecule has 1 aliphatic rings. The topological polar surface area (TPSA) is 88.0 Å². The third-order valence-electron chi connectivity index (χ3n) is 3.68. The van der Waals surface area contributed by atoms with Gasteiger partial charge in [0, 0.05) is 17.7 Å². The van der Waals surface area contributed by atoms with Gasteiger partial charge in [-0.1, -0.05) is 11.8 Å². The summed E-state index contributed by atoms with van der Waals surface area (Å²) in [7, 11) is 0. The first-order valence-corrected chi connectivity index (χ1v) is 9.04. The molecule has 0 spiro atoms. The number of carbonyl (C=O) groups is 2. The van der Waals surface area contributed by atoms with E-state index in [9.17, 15) is 14.7 Å². The van der Waals surface area contributed by atoms with E-state index in [1.54, 1.807) is 36.4 Å². The van der Waals surface area contributed by atoms with E-state index >= 15 is 0 Å². The maximum absolute atomic E-state index is 12.2. The van der Waals surface area contributed by atoms with Crippen molar-refractivity contribution < 1.29 is 19.4 Å². The number of thioether (sulfide) groups is 1. The van der Waals surface area contributed by atoms with Crippen molar-refractivity contribution in [1.29, 1.82) is 0 Å². The molecule has 0 radical (unpaired) electrons. The van der Waals surface area contributed by atoms with Gasteiger partial charge in [-0.3, -0.25) is 9.59 Å². The molecule has 0 saturated carbocycles. The van der Waals surface area contributed by atoms with Gasteiger partial charge in [0.1, 0.15) is 21.8 Å². The molecule has 0 bridgehead atoms. The van der Waals surface area contributed by atoms with Crippen molar-refractivity contribution in [2.24, 2.45) is 4.99 Å². The zero-order chi connectivity index (χ0) is 18.5. The molecule has 1 atom stereocenters. The molecule has 3 rings (SSSR count). The summed E-state index contributed by atoms with van der Waals surface area (Å²) in [5.74, 6) is 0.316. The fraction of sp³-hybridized carbons (Fsp3) is 0.211. The van der Waals surface area contributed by atoms with Gasteiger partial charge in [-0.05, 0) is 55.5 Å². The highest BCUT2D eigenvalue weighted by atomic mass is 32.2. The molecule has 2 N–H and O–H groups in total. The minimum atomic E-state index is -0.540. The summed E-state index contributed by atoms with van der Waals surface area (Å²) in [5, 5.41) is 12.1. The minimum absolute atomic E-state index is 0.0434. The first-order chi connectivity index (χ1) is 12.5. The van der Waals surface area contributed by atoms with Crippen LogP contribution in [0.3, 0.4) is 0 Å². The number of nitrogens with zero attached hydrogens (tertiary/aromatic N) is 1. The van der Waals surface area contributed by atoms with Crippen molar-refractivity contribution in [3.8, 4) is 11.5 Å². The molecule has 2 aromatic rings. The number of hydrogen-bond donors (Lipinski definition) is 2. The second-order valence-electron chi connectivity index (χ2n) is 5.62. The van der Waals surface area contributed by atoms with Crippen LogP contribution >= 0.6 is 11.8 Å². The summed E-state index contributed by atoms with van der Waals surface area (Å²) in [4.78, 5) is 28.3. The van der Waals surface area contributed by atoms with Crippen LogP contribution in [-0.2, 0) is 9.59 Å². The maximum Gasteiger partial charge on any atom is 0.260 e. The van der Waals surface area contributed by atoms with E-state index in [-0.39, 0.29) is 24.0 Å². The molecule has 2 aromatic carbocycles. The molecule has 134 valence electrons. The minimum Gasteiger partial charge on any atom is -0.508 e. The Labute approximate surface area is 155 Å². The average Bonchev–Trinajstić information content (AvgIpc) is 2.98. The number of hydrogen-bond acceptors (Lipinski definition) is 5. The normalized spacial score (nSPS) is 16.3. The van der Waals surface area contributed by atoms with Gasteiger partial charge in [-0.25, -0.2) is 4.99 Å². The standard InChI is InChI=1S/C19H18N2O4S/c1-2-25-15-9-5-13(6-10-15)20-17(23)11-16-18(24)21-19(26-16)12-3-7-14(22)8-4-12/h3-10,16,22H,2,11H2,1H3,(H,20,23)/t16-/m1/s1. The summed E-state index contributed by atoms with van der Waals surface area (Å²) in [5.41, 5.74) is 1.39. The number of phenols is 1. The summed E-state index contributed by atoms with van der Waals surface area (Å²) >= 11 is 1.26. The highest BCUT2D eigenvalue weighted by molar-refractivity contribution is 8.16. The van der Waals surface area contributed by atoms with Crippen LogP contribution in [-0.4, -0.2) is 33.8 Å². The van der Waals surface area contributed by atoms with Crippen molar-refractivity contribution in [3.63, 3.8) is 0 Å². The number of rotatable bonds is 6. The first kappa shape index (κ1) is 18.0. The van der Waals surface area contributed by atoms with Crippen molar-refractivity contribution in [1.82, 2.24) is 0 Å². The predicted octanol–water partition coefficient (Wildman–Crippen LogP) is 3.21. The lowest BCUT2D eigenvalue weighted by atomic mass is 10.2. The van der Waals surface area contributed by atoms with E-state index in [1.165, 1.54) is 23.9 Å². The third-order valence-corrected chi connectivity index (χ3v) is 4.88. The molecule has 7 heteroatoms. The Kier molecular flexibility index (Phi) is 5.58. The fourth-order valence-electron chi connectivity index (χ4n) is 2.43. The first-order valence-electron chi connectivity index (χ1n) is 8.16. The third kappa shape index (κ3) is 4.43. The Bertz CT molecular complexity index is 832. The molecule has 0 saturated heterocycles. The molecular formula is C19H18N2O4S. The van der Waals surface area contributed by atoms with Gasteiger partial charge in [-0.15, -0.1) is 0 Å². The van der Waals surface area contributed by atoms with Crippen LogP contribution in [0, 0.1) is 0 Å². The Morgan fingerprint density at radius 2 is 1.88 bits per heavy atom. The van der Waals surface area contributed by atoms with Gasteiger partial charge in [0.2, 0.25) is 5.91 Å². The fourth-order valence-corrected chi connectivity index (χ4v) is 3.50. The molecule has 0 aliphatic carbocycles. The van der Waals surface area contributed by atoms with Crippen LogP contribution in [0.15, 0.2) is 53.5 Å². The van der Waals surface area contributed by atoms with Gasteiger partial charge < -0.3 is 15.2 Å². The largest absolute Gasteiger partial charge is 0.508 e. The van der Waals surface area contributed by atoms with Crippen LogP contribution in [0.2, 0.25) is 0 Å². The molecule has 0 aromatic heterocycles. The molecule has 6 nitrogen and oxygen atoms in total. The maximum atomic E-state index is 12.2. The number of benzene rings is 2. The second-order valence-corrected chi connectivity index (χ2v) is 6.81. The van der Waals surface area contributed by atoms with Crippen molar-refractivity contribution in [2.75, 3.05) is 11.9 Å². The van der Waals surface area contributed by atoms with E-state index in [1.807, 2.05) is 6.92 Å². The number of carbonyl (C=O) groups excluding carboxylic acids is 2. The van der Waals surface area contributed by atoms with Gasteiger partial charge in [0.25, 0.3) is 5.91 Å². The monoisotopic (exact) mass is 370 g/mol. The van der Waals surface area contributed by atoms with Crippen LogP contribution in [0.5, 0.6) is 11.5 Å².